The molecule has 1 atom stereocenters. The molecule has 1 fully saturated rings. The monoisotopic (exact) mass is 280 g/mol. The van der Waals surface area contributed by atoms with Gasteiger partial charge in [-0.1, -0.05) is 23.4 Å². The molecule has 0 radical (unpaired) electrons. The molecule has 4 rings (SSSR count). The molecule has 1 aliphatic carbocycles. The van der Waals surface area contributed by atoms with Crippen LogP contribution in [0.4, 0.5) is 0 Å². The Morgan fingerprint density at radius 3 is 2.86 bits per heavy atom. The number of pyridine rings is 1. The number of para-hydroxylation sites is 1. The summed E-state index contributed by atoms with van der Waals surface area (Å²) in [6.07, 6.45) is 2.29. The Morgan fingerprint density at radius 1 is 1.24 bits per heavy atom. The molecule has 1 aromatic carbocycles. The fraction of sp³-hybridized carbons (Fsp3) is 0.312. The summed E-state index contributed by atoms with van der Waals surface area (Å²) in [4.78, 5) is 9.04. The third-order valence-corrected chi connectivity index (χ3v) is 4.01. The van der Waals surface area contributed by atoms with Crippen molar-refractivity contribution in [2.24, 2.45) is 11.7 Å². The molecular weight excluding hydrogens is 264 g/mol. The minimum Gasteiger partial charge on any atom is -0.337 e. The van der Waals surface area contributed by atoms with Crippen molar-refractivity contribution in [3.63, 3.8) is 0 Å². The van der Waals surface area contributed by atoms with Crippen LogP contribution in [0.25, 0.3) is 22.4 Å². The van der Waals surface area contributed by atoms with Gasteiger partial charge in [0.05, 0.1) is 11.6 Å². The van der Waals surface area contributed by atoms with Crippen molar-refractivity contribution in [1.29, 1.82) is 0 Å². The van der Waals surface area contributed by atoms with Gasteiger partial charge in [0, 0.05) is 5.39 Å². The summed E-state index contributed by atoms with van der Waals surface area (Å²) in [5.41, 5.74) is 8.90. The molecule has 0 saturated heterocycles. The third kappa shape index (κ3) is 2.19. The molecule has 0 amide bonds. The lowest BCUT2D eigenvalue weighted by atomic mass is 10.1. The molecule has 0 spiro atoms. The highest BCUT2D eigenvalue weighted by atomic mass is 16.5. The van der Waals surface area contributed by atoms with Crippen molar-refractivity contribution >= 4 is 10.9 Å². The van der Waals surface area contributed by atoms with E-state index in [-0.39, 0.29) is 6.04 Å². The highest BCUT2D eigenvalue weighted by Crippen LogP contribution is 2.39. The molecule has 0 bridgehead atoms. The number of aryl methyl sites for hydroxylation is 1. The number of benzene rings is 1. The Hall–Kier alpha value is -2.27. The van der Waals surface area contributed by atoms with Crippen LogP contribution in [-0.2, 0) is 0 Å². The van der Waals surface area contributed by atoms with Crippen LogP contribution in [0.1, 0.15) is 30.3 Å². The smallest absolute Gasteiger partial charge is 0.244 e. The van der Waals surface area contributed by atoms with Crippen LogP contribution >= 0.6 is 0 Å². The number of nitrogens with zero attached hydrogens (tertiary/aromatic N) is 3. The number of fused-ring (bicyclic) bond motifs is 1. The predicted octanol–water partition coefficient (Wildman–Crippen LogP) is 3.00. The van der Waals surface area contributed by atoms with E-state index in [4.69, 9.17) is 10.3 Å². The van der Waals surface area contributed by atoms with Crippen LogP contribution in [-0.4, -0.2) is 15.1 Å². The average Bonchev–Trinajstić information content (AvgIpc) is 3.23. The van der Waals surface area contributed by atoms with Gasteiger partial charge >= 0.3 is 0 Å². The summed E-state index contributed by atoms with van der Waals surface area (Å²) >= 11 is 0. The Labute approximate surface area is 122 Å². The first kappa shape index (κ1) is 12.5. The standard InChI is InChI=1S/C16H16N4O/c1-9-8-13(18-12-5-3-2-4-11(9)12)15-19-16(21-20-15)14(17)10-6-7-10/h2-5,8,10,14H,6-7,17H2,1H3. The van der Waals surface area contributed by atoms with Crippen molar-refractivity contribution in [2.75, 3.05) is 0 Å². The van der Waals surface area contributed by atoms with Crippen LogP contribution < -0.4 is 5.73 Å². The van der Waals surface area contributed by atoms with Gasteiger partial charge in [0.15, 0.2) is 0 Å². The van der Waals surface area contributed by atoms with Gasteiger partial charge in [0.25, 0.3) is 0 Å². The minimum absolute atomic E-state index is 0.146. The van der Waals surface area contributed by atoms with Gasteiger partial charge < -0.3 is 10.3 Å². The lowest BCUT2D eigenvalue weighted by molar-refractivity contribution is 0.343. The van der Waals surface area contributed by atoms with Crippen LogP contribution in [0, 0.1) is 12.8 Å². The molecule has 106 valence electrons. The van der Waals surface area contributed by atoms with Gasteiger partial charge in [-0.2, -0.15) is 4.98 Å². The van der Waals surface area contributed by atoms with E-state index in [1.54, 1.807) is 0 Å². The zero-order chi connectivity index (χ0) is 14.4. The number of rotatable bonds is 3. The van der Waals surface area contributed by atoms with Crippen molar-refractivity contribution < 1.29 is 4.52 Å². The molecule has 2 aromatic heterocycles. The Balaban J connectivity index is 1.76. The summed E-state index contributed by atoms with van der Waals surface area (Å²) in [5.74, 6) is 1.51. The topological polar surface area (TPSA) is 77.8 Å². The van der Waals surface area contributed by atoms with E-state index in [1.807, 2.05) is 24.3 Å². The largest absolute Gasteiger partial charge is 0.337 e. The molecule has 5 heteroatoms. The molecule has 21 heavy (non-hydrogen) atoms. The van der Waals surface area contributed by atoms with Crippen LogP contribution in [0.2, 0.25) is 0 Å². The molecule has 3 aromatic rings. The lowest BCUT2D eigenvalue weighted by Gasteiger charge is -2.03. The Kier molecular flexibility index (Phi) is 2.75. The fourth-order valence-corrected chi connectivity index (χ4v) is 2.60. The van der Waals surface area contributed by atoms with Gasteiger partial charge in [-0.25, -0.2) is 4.98 Å². The summed E-state index contributed by atoms with van der Waals surface area (Å²) in [5, 5.41) is 5.18. The molecule has 1 unspecified atom stereocenters. The van der Waals surface area contributed by atoms with Crippen molar-refractivity contribution in [3.05, 3.63) is 41.8 Å². The van der Waals surface area contributed by atoms with Gasteiger partial charge in [0.2, 0.25) is 11.7 Å². The van der Waals surface area contributed by atoms with E-state index in [9.17, 15) is 0 Å². The van der Waals surface area contributed by atoms with E-state index in [0.29, 0.717) is 17.6 Å². The van der Waals surface area contributed by atoms with Crippen molar-refractivity contribution in [3.8, 4) is 11.5 Å². The van der Waals surface area contributed by atoms with Gasteiger partial charge in [0.1, 0.15) is 5.69 Å². The first-order valence-electron chi connectivity index (χ1n) is 7.18. The summed E-state index contributed by atoms with van der Waals surface area (Å²) < 4.78 is 5.31. The van der Waals surface area contributed by atoms with Gasteiger partial charge in [-0.15, -0.1) is 0 Å². The summed E-state index contributed by atoms with van der Waals surface area (Å²) in [6.45, 7) is 2.06. The number of aromatic nitrogens is 3. The van der Waals surface area contributed by atoms with Gasteiger partial charge in [-0.05, 0) is 43.4 Å². The number of hydrogen-bond acceptors (Lipinski definition) is 5. The average molecular weight is 280 g/mol. The maximum atomic E-state index is 6.10. The second kappa shape index (κ2) is 4.63. The summed E-state index contributed by atoms with van der Waals surface area (Å²) in [7, 11) is 0. The zero-order valence-electron chi connectivity index (χ0n) is 11.8. The van der Waals surface area contributed by atoms with Crippen LogP contribution in [0.5, 0.6) is 0 Å². The van der Waals surface area contributed by atoms with Crippen LogP contribution in [0.3, 0.4) is 0 Å². The second-order valence-electron chi connectivity index (χ2n) is 5.66. The minimum atomic E-state index is -0.146. The van der Waals surface area contributed by atoms with Crippen LogP contribution in [0.15, 0.2) is 34.9 Å². The Bertz CT molecular complexity index is 807. The first-order valence-corrected chi connectivity index (χ1v) is 7.18. The maximum Gasteiger partial charge on any atom is 0.244 e. The lowest BCUT2D eigenvalue weighted by Crippen LogP contribution is -2.12. The zero-order valence-corrected chi connectivity index (χ0v) is 11.8. The Morgan fingerprint density at radius 2 is 2.05 bits per heavy atom. The maximum absolute atomic E-state index is 6.10. The fourth-order valence-electron chi connectivity index (χ4n) is 2.60. The SMILES string of the molecule is Cc1cc(-c2noc(C(N)C3CC3)n2)nc2ccccc12. The molecule has 1 aliphatic rings. The molecule has 0 aliphatic heterocycles. The number of hydrogen-bond donors (Lipinski definition) is 1. The van der Waals surface area contributed by atoms with E-state index >= 15 is 0 Å². The van der Waals surface area contributed by atoms with Crippen molar-refractivity contribution in [2.45, 2.75) is 25.8 Å². The normalized spacial score (nSPS) is 16.3. The third-order valence-electron chi connectivity index (χ3n) is 4.01. The van der Waals surface area contributed by atoms with E-state index in [2.05, 4.69) is 28.1 Å². The predicted molar refractivity (Wildman–Crippen MR) is 79.4 cm³/mol. The highest BCUT2D eigenvalue weighted by Gasteiger charge is 2.33. The quantitative estimate of drug-likeness (QED) is 0.798. The molecule has 1 saturated carbocycles. The first-order chi connectivity index (χ1) is 10.2. The van der Waals surface area contributed by atoms with E-state index < -0.39 is 0 Å². The van der Waals surface area contributed by atoms with Crippen molar-refractivity contribution in [1.82, 2.24) is 15.1 Å². The van der Waals surface area contributed by atoms with E-state index in [0.717, 1.165) is 35.0 Å². The molecule has 2 heterocycles. The highest BCUT2D eigenvalue weighted by molar-refractivity contribution is 5.84. The second-order valence-corrected chi connectivity index (χ2v) is 5.66. The molecular formula is C16H16N4O. The van der Waals surface area contributed by atoms with E-state index in [1.165, 1.54) is 0 Å². The number of nitrogens with two attached hydrogens (primary N) is 1. The van der Waals surface area contributed by atoms with Gasteiger partial charge in [-0.3, -0.25) is 0 Å². The molecule has 2 N–H and O–H groups in total. The molecule has 5 nitrogen and oxygen atoms in total. The summed E-state index contributed by atoms with van der Waals surface area (Å²) in [6, 6.07) is 9.88.